The third-order valence-corrected chi connectivity index (χ3v) is 2.36. The number of hydrogen-bond donors (Lipinski definition) is 0. The van der Waals surface area contributed by atoms with Crippen LogP contribution in [0.5, 0.6) is 0 Å². The van der Waals surface area contributed by atoms with E-state index in [9.17, 15) is 0 Å². The molecule has 1 unspecified atom stereocenters. The summed E-state index contributed by atoms with van der Waals surface area (Å²) < 4.78 is 10.3. The van der Waals surface area contributed by atoms with Gasteiger partial charge in [-0.25, -0.2) is 0 Å². The maximum Gasteiger partial charge on any atom is 0.146 e. The van der Waals surface area contributed by atoms with E-state index in [0.717, 1.165) is 18.2 Å². The van der Waals surface area contributed by atoms with Gasteiger partial charge in [0.1, 0.15) is 6.79 Å². The second-order valence-electron chi connectivity index (χ2n) is 3.21. The summed E-state index contributed by atoms with van der Waals surface area (Å²) in [6.45, 7) is 4.60. The molecular weight excluding hydrogens is 232 g/mol. The summed E-state index contributed by atoms with van der Waals surface area (Å²) in [4.78, 5) is 0. The Bertz CT molecular complexity index is 142. The molecule has 0 radical (unpaired) electrons. The quantitative estimate of drug-likeness (QED) is 0.393. The minimum atomic E-state index is 0.260. The molecule has 13 heavy (non-hydrogen) atoms. The zero-order chi connectivity index (χ0) is 10.1. The van der Waals surface area contributed by atoms with Gasteiger partial charge >= 0.3 is 0 Å². The zero-order valence-corrected chi connectivity index (χ0v) is 10.3. The van der Waals surface area contributed by atoms with Gasteiger partial charge in [-0.3, -0.25) is 0 Å². The summed E-state index contributed by atoms with van der Waals surface area (Å²) in [5, 5.41) is 0.868. The van der Waals surface area contributed by atoms with Crippen LogP contribution in [0.1, 0.15) is 26.7 Å². The molecule has 0 saturated carbocycles. The second-order valence-corrected chi connectivity index (χ2v) is 3.86. The maximum atomic E-state index is 5.42. The Morgan fingerprint density at radius 3 is 2.62 bits per heavy atom. The van der Waals surface area contributed by atoms with Gasteiger partial charge in [0, 0.05) is 12.4 Å². The van der Waals surface area contributed by atoms with Crippen molar-refractivity contribution in [2.75, 3.05) is 19.2 Å². The van der Waals surface area contributed by atoms with Gasteiger partial charge in [-0.1, -0.05) is 27.6 Å². The summed E-state index contributed by atoms with van der Waals surface area (Å²) in [6.07, 6.45) is 4.60. The first-order valence-electron chi connectivity index (χ1n) is 4.50. The second kappa shape index (κ2) is 8.73. The fourth-order valence-electron chi connectivity index (χ4n) is 0.927. The molecule has 0 bridgehead atoms. The van der Waals surface area contributed by atoms with Gasteiger partial charge in [0.05, 0.1) is 6.10 Å². The number of alkyl halides is 1. The highest BCUT2D eigenvalue weighted by Gasteiger charge is 2.05. The van der Waals surface area contributed by atoms with Crippen molar-refractivity contribution in [2.45, 2.75) is 32.8 Å². The van der Waals surface area contributed by atoms with Crippen molar-refractivity contribution in [3.05, 3.63) is 11.6 Å². The smallest absolute Gasteiger partial charge is 0.146 e. The van der Waals surface area contributed by atoms with Gasteiger partial charge < -0.3 is 9.47 Å². The number of methoxy groups -OCH3 is 1. The Morgan fingerprint density at radius 1 is 1.46 bits per heavy atom. The van der Waals surface area contributed by atoms with E-state index < -0.39 is 0 Å². The first-order chi connectivity index (χ1) is 6.20. The number of rotatable bonds is 7. The van der Waals surface area contributed by atoms with Crippen LogP contribution in [0.3, 0.4) is 0 Å². The fourth-order valence-corrected chi connectivity index (χ4v) is 1.44. The standard InChI is InChI=1S/C10H19BrO2/c1-9(2)5-4-6-10(7-11)13-8-12-3/h5,10H,4,6-8H2,1-3H3. The lowest BCUT2D eigenvalue weighted by Crippen LogP contribution is -2.15. The third kappa shape index (κ3) is 8.47. The highest BCUT2D eigenvalue weighted by molar-refractivity contribution is 9.09. The predicted octanol–water partition coefficient (Wildman–Crippen LogP) is 3.12. The Morgan fingerprint density at radius 2 is 2.15 bits per heavy atom. The van der Waals surface area contributed by atoms with E-state index in [-0.39, 0.29) is 6.10 Å². The van der Waals surface area contributed by atoms with Gasteiger partial charge in [0.2, 0.25) is 0 Å². The van der Waals surface area contributed by atoms with Crippen molar-refractivity contribution < 1.29 is 9.47 Å². The number of hydrogen-bond acceptors (Lipinski definition) is 2. The lowest BCUT2D eigenvalue weighted by molar-refractivity contribution is -0.0649. The molecule has 0 aliphatic carbocycles. The highest BCUT2D eigenvalue weighted by Crippen LogP contribution is 2.07. The summed E-state index contributed by atoms with van der Waals surface area (Å²) in [5.41, 5.74) is 1.36. The Hall–Kier alpha value is 0.140. The first kappa shape index (κ1) is 13.1. The molecule has 0 heterocycles. The lowest BCUT2D eigenvalue weighted by Gasteiger charge is -2.13. The molecule has 2 nitrogen and oxygen atoms in total. The number of allylic oxidation sites excluding steroid dienone is 2. The molecule has 0 aliphatic heterocycles. The molecule has 0 aromatic rings. The lowest BCUT2D eigenvalue weighted by atomic mass is 10.2. The van der Waals surface area contributed by atoms with Crippen LogP contribution < -0.4 is 0 Å². The Labute approximate surface area is 89.4 Å². The van der Waals surface area contributed by atoms with E-state index in [1.54, 1.807) is 7.11 Å². The summed E-state index contributed by atoms with van der Waals surface area (Å²) in [6, 6.07) is 0. The largest absolute Gasteiger partial charge is 0.359 e. The highest BCUT2D eigenvalue weighted by atomic mass is 79.9. The van der Waals surface area contributed by atoms with E-state index in [0.29, 0.717) is 6.79 Å². The van der Waals surface area contributed by atoms with Gasteiger partial charge in [-0.2, -0.15) is 0 Å². The van der Waals surface area contributed by atoms with Crippen LogP contribution >= 0.6 is 15.9 Å². The van der Waals surface area contributed by atoms with E-state index in [1.165, 1.54) is 5.57 Å². The van der Waals surface area contributed by atoms with E-state index in [4.69, 9.17) is 9.47 Å². The van der Waals surface area contributed by atoms with Crippen molar-refractivity contribution in [3.8, 4) is 0 Å². The molecule has 0 amide bonds. The topological polar surface area (TPSA) is 18.5 Å². The minimum absolute atomic E-state index is 0.260. The Kier molecular flexibility index (Phi) is 8.82. The van der Waals surface area contributed by atoms with E-state index in [2.05, 4.69) is 35.9 Å². The normalized spacial score (nSPS) is 12.6. The van der Waals surface area contributed by atoms with Gasteiger partial charge in [0.15, 0.2) is 0 Å². The van der Waals surface area contributed by atoms with Gasteiger partial charge in [0.25, 0.3) is 0 Å². The monoisotopic (exact) mass is 250 g/mol. The molecule has 78 valence electrons. The van der Waals surface area contributed by atoms with Crippen molar-refractivity contribution in [2.24, 2.45) is 0 Å². The van der Waals surface area contributed by atoms with Gasteiger partial charge in [-0.15, -0.1) is 0 Å². The van der Waals surface area contributed by atoms with Crippen LogP contribution in [0.25, 0.3) is 0 Å². The van der Waals surface area contributed by atoms with E-state index >= 15 is 0 Å². The molecular formula is C10H19BrO2. The van der Waals surface area contributed by atoms with Crippen LogP contribution in [-0.2, 0) is 9.47 Å². The van der Waals surface area contributed by atoms with Crippen LogP contribution in [0, 0.1) is 0 Å². The molecule has 0 rings (SSSR count). The van der Waals surface area contributed by atoms with Crippen molar-refractivity contribution in [1.29, 1.82) is 0 Å². The van der Waals surface area contributed by atoms with Crippen molar-refractivity contribution in [1.82, 2.24) is 0 Å². The molecule has 3 heteroatoms. The molecule has 0 spiro atoms. The number of halogens is 1. The van der Waals surface area contributed by atoms with E-state index in [1.807, 2.05) is 0 Å². The molecule has 0 N–H and O–H groups in total. The average Bonchev–Trinajstić information content (AvgIpc) is 2.10. The minimum Gasteiger partial charge on any atom is -0.359 e. The molecule has 0 aromatic carbocycles. The molecule has 1 atom stereocenters. The van der Waals surface area contributed by atoms with Crippen LogP contribution in [-0.4, -0.2) is 25.3 Å². The zero-order valence-electron chi connectivity index (χ0n) is 8.68. The summed E-state index contributed by atoms with van der Waals surface area (Å²) in [7, 11) is 1.64. The fraction of sp³-hybridized carbons (Fsp3) is 0.800. The summed E-state index contributed by atoms with van der Waals surface area (Å²) in [5.74, 6) is 0. The summed E-state index contributed by atoms with van der Waals surface area (Å²) >= 11 is 3.41. The maximum absolute atomic E-state index is 5.42. The molecule has 0 fully saturated rings. The molecule has 0 aromatic heterocycles. The molecule has 0 saturated heterocycles. The molecule has 0 aliphatic rings. The SMILES string of the molecule is COCOC(CBr)CCC=C(C)C. The first-order valence-corrected chi connectivity index (χ1v) is 5.62. The number of ether oxygens (including phenoxy) is 2. The van der Waals surface area contributed by atoms with Gasteiger partial charge in [-0.05, 0) is 26.7 Å². The van der Waals surface area contributed by atoms with Crippen molar-refractivity contribution in [3.63, 3.8) is 0 Å². The average molecular weight is 251 g/mol. The Balaban J connectivity index is 3.53. The van der Waals surface area contributed by atoms with Crippen molar-refractivity contribution >= 4 is 15.9 Å². The third-order valence-electron chi connectivity index (χ3n) is 1.63. The predicted molar refractivity (Wildman–Crippen MR) is 59.2 cm³/mol. The van der Waals surface area contributed by atoms with Crippen LogP contribution in [0.15, 0.2) is 11.6 Å². The van der Waals surface area contributed by atoms with Crippen LogP contribution in [0.4, 0.5) is 0 Å². The van der Waals surface area contributed by atoms with Crippen LogP contribution in [0.2, 0.25) is 0 Å².